The van der Waals surface area contributed by atoms with Crippen molar-refractivity contribution in [3.63, 3.8) is 0 Å². The van der Waals surface area contributed by atoms with E-state index in [1.807, 2.05) is 25.2 Å². The Morgan fingerprint density at radius 2 is 1.39 bits per heavy atom. The molecule has 6 rings (SSSR count). The van der Waals surface area contributed by atoms with Crippen molar-refractivity contribution in [3.8, 4) is 27.9 Å². The van der Waals surface area contributed by atoms with Crippen LogP contribution in [-0.4, -0.2) is 14.0 Å². The number of halogens is 1. The molecule has 0 bridgehead atoms. The van der Waals surface area contributed by atoms with E-state index in [1.165, 1.54) is 11.1 Å². The van der Waals surface area contributed by atoms with Crippen molar-refractivity contribution in [3.05, 3.63) is 126 Å². The minimum Gasteiger partial charge on any atom is -0.278 e. The van der Waals surface area contributed by atoms with Gasteiger partial charge in [-0.05, 0) is 77.7 Å². The minimum atomic E-state index is 0.857. The summed E-state index contributed by atoms with van der Waals surface area (Å²) in [6.45, 7) is 6.11. The smallest absolute Gasteiger partial charge is 0.220 e. The van der Waals surface area contributed by atoms with Crippen molar-refractivity contribution in [1.29, 1.82) is 0 Å². The molecule has 0 aliphatic heterocycles. The second-order valence-electron chi connectivity index (χ2n) is 8.69. The van der Waals surface area contributed by atoms with Crippen LogP contribution in [0, 0.1) is 0 Å². The summed E-state index contributed by atoms with van der Waals surface area (Å²) >= 11 is 3.69. The molecule has 174 valence electrons. The number of aromatic nitrogens is 3. The van der Waals surface area contributed by atoms with Gasteiger partial charge in [-0.1, -0.05) is 89.2 Å². The number of benzene rings is 4. The maximum absolute atomic E-state index is 5.07. The van der Waals surface area contributed by atoms with E-state index in [2.05, 4.69) is 129 Å². The molecule has 0 fully saturated rings. The van der Waals surface area contributed by atoms with E-state index in [0.717, 1.165) is 49.5 Å². The van der Waals surface area contributed by atoms with Crippen LogP contribution in [0.3, 0.4) is 0 Å². The molecule has 0 aliphatic rings. The van der Waals surface area contributed by atoms with Gasteiger partial charge < -0.3 is 0 Å². The number of fused-ring (bicyclic) bond motifs is 3. The fourth-order valence-corrected chi connectivity index (χ4v) is 5.21. The lowest BCUT2D eigenvalue weighted by Gasteiger charge is -2.13. The Balaban J connectivity index is 1.73. The highest BCUT2D eigenvalue weighted by Crippen LogP contribution is 2.35. The lowest BCUT2D eigenvalue weighted by molar-refractivity contribution is 1.10. The van der Waals surface area contributed by atoms with E-state index in [4.69, 9.17) is 4.98 Å². The van der Waals surface area contributed by atoms with Crippen LogP contribution in [0.2, 0.25) is 0 Å². The average Bonchev–Trinajstić information content (AvgIpc) is 3.42. The zero-order valence-electron chi connectivity index (χ0n) is 19.9. The minimum absolute atomic E-state index is 0.857. The summed E-state index contributed by atoms with van der Waals surface area (Å²) in [5.74, 6) is 0.857. The number of rotatable bonds is 5. The Bertz CT molecular complexity index is 1700. The molecule has 0 atom stereocenters. The fourth-order valence-electron chi connectivity index (χ4n) is 4.86. The van der Waals surface area contributed by atoms with Crippen LogP contribution < -0.4 is 0 Å². The van der Waals surface area contributed by atoms with Gasteiger partial charge in [0, 0.05) is 4.47 Å². The zero-order valence-corrected chi connectivity index (χ0v) is 21.5. The first-order valence-corrected chi connectivity index (χ1v) is 12.7. The first kappa shape index (κ1) is 22.3. The maximum atomic E-state index is 5.07. The number of allylic oxidation sites excluding steroid dienone is 1. The molecule has 0 radical (unpaired) electrons. The van der Waals surface area contributed by atoms with Crippen LogP contribution in [-0.2, 0) is 0 Å². The number of nitrogens with zero attached hydrogens (tertiary/aromatic N) is 3. The average molecular weight is 530 g/mol. The predicted octanol–water partition coefficient (Wildman–Crippen LogP) is 9.05. The highest BCUT2D eigenvalue weighted by atomic mass is 79.9. The highest BCUT2D eigenvalue weighted by molar-refractivity contribution is 9.10. The van der Waals surface area contributed by atoms with E-state index in [9.17, 15) is 0 Å². The largest absolute Gasteiger partial charge is 0.278 e. The molecular formula is C32H24BrN3. The van der Waals surface area contributed by atoms with Gasteiger partial charge in [0.25, 0.3) is 0 Å². The van der Waals surface area contributed by atoms with Crippen LogP contribution in [0.4, 0.5) is 0 Å². The quantitative estimate of drug-likeness (QED) is 0.218. The van der Waals surface area contributed by atoms with Crippen LogP contribution in [0.5, 0.6) is 0 Å². The van der Waals surface area contributed by atoms with E-state index < -0.39 is 0 Å². The van der Waals surface area contributed by atoms with Gasteiger partial charge in [-0.15, -0.1) is 0 Å². The third-order valence-corrected chi connectivity index (χ3v) is 6.94. The summed E-state index contributed by atoms with van der Waals surface area (Å²) < 4.78 is 5.47. The molecule has 2 aromatic heterocycles. The Morgan fingerprint density at radius 3 is 1.97 bits per heavy atom. The number of hydrogen-bond acceptors (Lipinski definition) is 1. The Labute approximate surface area is 218 Å². The van der Waals surface area contributed by atoms with Gasteiger partial charge >= 0.3 is 0 Å². The SMILES string of the molecule is C=Cc1c(/C=C\C)nc2n(-c3cc(-c4ccccc4)cc(-c4ccccc4)c3)c3cc(Br)ccc3n12. The molecule has 0 unspecified atom stereocenters. The Morgan fingerprint density at radius 1 is 0.750 bits per heavy atom. The second kappa shape index (κ2) is 9.14. The zero-order chi connectivity index (χ0) is 24.6. The lowest BCUT2D eigenvalue weighted by atomic mass is 9.98. The van der Waals surface area contributed by atoms with Crippen LogP contribution in [0.25, 0.3) is 56.9 Å². The molecule has 0 amide bonds. The molecule has 2 heterocycles. The summed E-state index contributed by atoms with van der Waals surface area (Å²) in [7, 11) is 0. The van der Waals surface area contributed by atoms with E-state index in [0.29, 0.717) is 0 Å². The van der Waals surface area contributed by atoms with Crippen LogP contribution >= 0.6 is 15.9 Å². The molecule has 0 N–H and O–H groups in total. The monoisotopic (exact) mass is 529 g/mol. The number of imidazole rings is 2. The van der Waals surface area contributed by atoms with Crippen LogP contribution in [0.1, 0.15) is 18.3 Å². The summed E-state index contributed by atoms with van der Waals surface area (Å²) in [5.41, 5.74) is 9.77. The van der Waals surface area contributed by atoms with Crippen molar-refractivity contribution in [2.75, 3.05) is 0 Å². The molecule has 0 saturated carbocycles. The predicted molar refractivity (Wildman–Crippen MR) is 155 cm³/mol. The third-order valence-electron chi connectivity index (χ3n) is 6.45. The molecule has 4 aromatic carbocycles. The highest BCUT2D eigenvalue weighted by Gasteiger charge is 2.20. The van der Waals surface area contributed by atoms with Crippen molar-refractivity contribution in [2.45, 2.75) is 6.92 Å². The van der Waals surface area contributed by atoms with Crippen molar-refractivity contribution in [1.82, 2.24) is 14.0 Å². The lowest BCUT2D eigenvalue weighted by Crippen LogP contribution is -1.97. The molecule has 36 heavy (non-hydrogen) atoms. The Kier molecular flexibility index (Phi) is 5.67. The summed E-state index contributed by atoms with van der Waals surface area (Å²) in [6.07, 6.45) is 5.94. The van der Waals surface area contributed by atoms with Crippen molar-refractivity contribution in [2.24, 2.45) is 0 Å². The molecule has 0 saturated heterocycles. The Hall–Kier alpha value is -4.15. The van der Waals surface area contributed by atoms with E-state index in [1.54, 1.807) is 0 Å². The molecule has 3 nitrogen and oxygen atoms in total. The molecule has 4 heteroatoms. The summed E-state index contributed by atoms with van der Waals surface area (Å²) in [5, 5.41) is 0. The molecule has 0 spiro atoms. The van der Waals surface area contributed by atoms with Gasteiger partial charge in [0.15, 0.2) is 0 Å². The fraction of sp³-hybridized carbons (Fsp3) is 0.0312. The van der Waals surface area contributed by atoms with Crippen molar-refractivity contribution < 1.29 is 0 Å². The molecular weight excluding hydrogens is 506 g/mol. The van der Waals surface area contributed by atoms with Gasteiger partial charge in [-0.3, -0.25) is 8.97 Å². The van der Waals surface area contributed by atoms with Gasteiger partial charge in [0.1, 0.15) is 0 Å². The topological polar surface area (TPSA) is 22.2 Å². The second-order valence-corrected chi connectivity index (χ2v) is 9.61. The van der Waals surface area contributed by atoms with E-state index >= 15 is 0 Å². The third kappa shape index (κ3) is 3.71. The summed E-state index contributed by atoms with van der Waals surface area (Å²) in [6, 6.07) is 34.2. The molecule has 0 aliphatic carbocycles. The summed E-state index contributed by atoms with van der Waals surface area (Å²) in [4.78, 5) is 5.07. The number of hydrogen-bond donors (Lipinski definition) is 0. The first-order valence-electron chi connectivity index (χ1n) is 11.9. The molecule has 6 aromatic rings. The van der Waals surface area contributed by atoms with Gasteiger partial charge in [-0.2, -0.15) is 0 Å². The van der Waals surface area contributed by atoms with Gasteiger partial charge in [0.05, 0.1) is 28.1 Å². The maximum Gasteiger partial charge on any atom is 0.220 e. The van der Waals surface area contributed by atoms with Crippen LogP contribution in [0.15, 0.2) is 114 Å². The van der Waals surface area contributed by atoms with Crippen molar-refractivity contribution >= 4 is 44.9 Å². The van der Waals surface area contributed by atoms with Gasteiger partial charge in [0.2, 0.25) is 5.78 Å². The normalized spacial score (nSPS) is 11.6. The van der Waals surface area contributed by atoms with E-state index in [-0.39, 0.29) is 0 Å². The standard InChI is InChI=1S/C32H24BrN3/c1-3-11-28-29(4-2)36-30-17-16-26(33)21-31(30)35(32(36)34-28)27-19-24(22-12-7-5-8-13-22)18-25(20-27)23-14-9-6-10-15-23/h3-21H,2H2,1H3/b11-3-. The first-order chi connectivity index (χ1) is 17.7. The van der Waals surface area contributed by atoms with Gasteiger partial charge in [-0.25, -0.2) is 4.98 Å².